The lowest BCUT2D eigenvalue weighted by Crippen LogP contribution is -2.51. The van der Waals surface area contributed by atoms with Gasteiger partial charge in [-0.25, -0.2) is 0 Å². The number of hydrogen-bond acceptors (Lipinski definition) is 3. The van der Waals surface area contributed by atoms with E-state index in [1.165, 1.54) is 0 Å². The maximum absolute atomic E-state index is 11.6. The molecule has 0 fully saturated rings. The molecule has 4 N–H and O–H groups in total. The molecule has 14 heavy (non-hydrogen) atoms. The maximum Gasteiger partial charge on any atom is 0.237 e. The summed E-state index contributed by atoms with van der Waals surface area (Å²) in [7, 11) is 0. The van der Waals surface area contributed by atoms with Gasteiger partial charge in [0.1, 0.15) is 0 Å². The summed E-state index contributed by atoms with van der Waals surface area (Å²) in [6.45, 7) is 9.14. The second-order valence-corrected chi connectivity index (χ2v) is 4.19. The molecule has 0 spiro atoms. The van der Waals surface area contributed by atoms with Crippen LogP contribution in [0, 0.1) is 0 Å². The van der Waals surface area contributed by atoms with Crippen LogP contribution in [0.5, 0.6) is 0 Å². The number of carbonyl (C=O) groups is 1. The molecule has 1 atom stereocenters. The Labute approximate surface area is 86.6 Å². The third-order valence-corrected chi connectivity index (χ3v) is 2.33. The van der Waals surface area contributed by atoms with E-state index >= 15 is 0 Å². The Morgan fingerprint density at radius 3 is 2.50 bits per heavy atom. The molecule has 0 aromatic heterocycles. The van der Waals surface area contributed by atoms with Gasteiger partial charge in [-0.2, -0.15) is 0 Å². The highest BCUT2D eigenvalue weighted by Crippen LogP contribution is 2.06. The van der Waals surface area contributed by atoms with Gasteiger partial charge in [0.25, 0.3) is 0 Å². The topological polar surface area (TPSA) is 67.2 Å². The van der Waals surface area contributed by atoms with Crippen molar-refractivity contribution in [3.63, 3.8) is 0 Å². The lowest BCUT2D eigenvalue weighted by molar-refractivity contribution is -0.124. The third kappa shape index (κ3) is 5.19. The van der Waals surface area contributed by atoms with E-state index in [1.54, 1.807) is 0 Å². The van der Waals surface area contributed by atoms with Crippen LogP contribution in [0.4, 0.5) is 0 Å². The van der Waals surface area contributed by atoms with Crippen molar-refractivity contribution >= 4 is 5.91 Å². The number of hydrogen-bond donors (Lipinski definition) is 3. The molecule has 1 amide bonds. The van der Waals surface area contributed by atoms with Crippen molar-refractivity contribution in [1.29, 1.82) is 0 Å². The second kappa shape index (κ2) is 5.98. The molecule has 0 aliphatic carbocycles. The summed E-state index contributed by atoms with van der Waals surface area (Å²) >= 11 is 0. The number of rotatable bonds is 6. The molecule has 0 aliphatic heterocycles. The van der Waals surface area contributed by atoms with Gasteiger partial charge >= 0.3 is 0 Å². The monoisotopic (exact) mass is 201 g/mol. The molecular formula is C10H23N3O. The van der Waals surface area contributed by atoms with Crippen LogP contribution in [0.3, 0.4) is 0 Å². The van der Waals surface area contributed by atoms with Gasteiger partial charge in [-0.15, -0.1) is 0 Å². The fourth-order valence-corrected chi connectivity index (χ4v) is 0.923. The summed E-state index contributed by atoms with van der Waals surface area (Å²) in [6.07, 6.45) is 0.919. The lowest BCUT2D eigenvalue weighted by Gasteiger charge is -2.26. The van der Waals surface area contributed by atoms with Crippen molar-refractivity contribution in [3.05, 3.63) is 0 Å². The SMILES string of the molecule is CCC(C)(C)NC(=O)C(C)NCCN. The quantitative estimate of drug-likeness (QED) is 0.576. The molecule has 0 saturated carbocycles. The molecule has 0 saturated heterocycles. The molecule has 4 heteroatoms. The molecule has 1 unspecified atom stereocenters. The van der Waals surface area contributed by atoms with Crippen LogP contribution in [0.1, 0.15) is 34.1 Å². The maximum atomic E-state index is 11.6. The Balaban J connectivity index is 3.95. The summed E-state index contributed by atoms with van der Waals surface area (Å²) in [5.74, 6) is 0.0327. The number of nitrogens with two attached hydrogens (primary N) is 1. The van der Waals surface area contributed by atoms with Crippen LogP contribution in [0.25, 0.3) is 0 Å². The van der Waals surface area contributed by atoms with Crippen molar-refractivity contribution in [2.24, 2.45) is 5.73 Å². The van der Waals surface area contributed by atoms with Crippen molar-refractivity contribution < 1.29 is 4.79 Å². The summed E-state index contributed by atoms with van der Waals surface area (Å²) in [6, 6.07) is -0.177. The van der Waals surface area contributed by atoms with Gasteiger partial charge in [0.2, 0.25) is 5.91 Å². The van der Waals surface area contributed by atoms with Gasteiger partial charge in [-0.05, 0) is 27.2 Å². The Hall–Kier alpha value is -0.610. The van der Waals surface area contributed by atoms with Crippen molar-refractivity contribution in [3.8, 4) is 0 Å². The van der Waals surface area contributed by atoms with E-state index in [1.807, 2.05) is 20.8 Å². The summed E-state index contributed by atoms with van der Waals surface area (Å²) < 4.78 is 0. The Kier molecular flexibility index (Phi) is 5.72. The fourth-order valence-electron chi connectivity index (χ4n) is 0.923. The van der Waals surface area contributed by atoms with Gasteiger partial charge in [0.15, 0.2) is 0 Å². The van der Waals surface area contributed by atoms with E-state index in [0.29, 0.717) is 13.1 Å². The van der Waals surface area contributed by atoms with Crippen LogP contribution in [-0.2, 0) is 4.79 Å². The first-order valence-electron chi connectivity index (χ1n) is 5.18. The molecule has 0 rings (SSSR count). The van der Waals surface area contributed by atoms with Gasteiger partial charge < -0.3 is 16.4 Å². The molecular weight excluding hydrogens is 178 g/mol. The predicted octanol–water partition coefficient (Wildman–Crippen LogP) is 0.228. The first-order chi connectivity index (χ1) is 6.43. The van der Waals surface area contributed by atoms with Gasteiger partial charge in [0, 0.05) is 18.6 Å². The Bertz CT molecular complexity index is 180. The molecule has 0 aromatic rings. The predicted molar refractivity (Wildman–Crippen MR) is 59.0 cm³/mol. The molecule has 0 radical (unpaired) electrons. The largest absolute Gasteiger partial charge is 0.350 e. The zero-order chi connectivity index (χ0) is 11.2. The molecule has 0 bridgehead atoms. The van der Waals surface area contributed by atoms with Crippen LogP contribution in [-0.4, -0.2) is 30.6 Å². The highest BCUT2D eigenvalue weighted by atomic mass is 16.2. The highest BCUT2D eigenvalue weighted by Gasteiger charge is 2.20. The third-order valence-electron chi connectivity index (χ3n) is 2.33. The fraction of sp³-hybridized carbons (Fsp3) is 0.900. The van der Waals surface area contributed by atoms with E-state index < -0.39 is 0 Å². The Morgan fingerprint density at radius 1 is 1.50 bits per heavy atom. The Morgan fingerprint density at radius 2 is 2.07 bits per heavy atom. The summed E-state index contributed by atoms with van der Waals surface area (Å²) in [5.41, 5.74) is 5.21. The minimum Gasteiger partial charge on any atom is -0.350 e. The average molecular weight is 201 g/mol. The van der Waals surface area contributed by atoms with Crippen molar-refractivity contribution in [1.82, 2.24) is 10.6 Å². The van der Waals surface area contributed by atoms with Crippen LogP contribution < -0.4 is 16.4 Å². The standard InChI is InChI=1S/C10H23N3O/c1-5-10(3,4)13-9(14)8(2)12-7-6-11/h8,12H,5-7,11H2,1-4H3,(H,13,14). The van der Waals surface area contributed by atoms with E-state index in [9.17, 15) is 4.79 Å². The van der Waals surface area contributed by atoms with Crippen molar-refractivity contribution in [2.45, 2.75) is 45.7 Å². The van der Waals surface area contributed by atoms with E-state index in [2.05, 4.69) is 17.6 Å². The zero-order valence-corrected chi connectivity index (χ0v) is 9.68. The number of carbonyl (C=O) groups excluding carboxylic acids is 1. The van der Waals surface area contributed by atoms with E-state index in [0.717, 1.165) is 6.42 Å². The number of amides is 1. The van der Waals surface area contributed by atoms with E-state index in [-0.39, 0.29) is 17.5 Å². The normalized spacial score (nSPS) is 13.8. The smallest absolute Gasteiger partial charge is 0.237 e. The van der Waals surface area contributed by atoms with Crippen LogP contribution >= 0.6 is 0 Å². The van der Waals surface area contributed by atoms with Crippen LogP contribution in [0.2, 0.25) is 0 Å². The van der Waals surface area contributed by atoms with Gasteiger partial charge in [-0.1, -0.05) is 6.92 Å². The number of nitrogens with one attached hydrogen (secondary N) is 2. The zero-order valence-electron chi connectivity index (χ0n) is 9.68. The summed E-state index contributed by atoms with van der Waals surface area (Å²) in [5, 5.41) is 6.01. The van der Waals surface area contributed by atoms with Gasteiger partial charge in [-0.3, -0.25) is 4.79 Å². The minimum atomic E-state index is -0.177. The molecule has 0 aromatic carbocycles. The molecule has 0 aliphatic rings. The first kappa shape index (κ1) is 13.4. The van der Waals surface area contributed by atoms with Gasteiger partial charge in [0.05, 0.1) is 6.04 Å². The molecule has 0 heterocycles. The highest BCUT2D eigenvalue weighted by molar-refractivity contribution is 5.81. The molecule has 84 valence electrons. The van der Waals surface area contributed by atoms with Crippen LogP contribution in [0.15, 0.2) is 0 Å². The van der Waals surface area contributed by atoms with Crippen molar-refractivity contribution in [2.75, 3.05) is 13.1 Å². The second-order valence-electron chi connectivity index (χ2n) is 4.19. The minimum absolute atomic E-state index is 0.0327. The summed E-state index contributed by atoms with van der Waals surface area (Å²) in [4.78, 5) is 11.6. The first-order valence-corrected chi connectivity index (χ1v) is 5.18. The average Bonchev–Trinajstić information content (AvgIpc) is 2.13. The lowest BCUT2D eigenvalue weighted by atomic mass is 10.0. The molecule has 4 nitrogen and oxygen atoms in total. The van der Waals surface area contributed by atoms with E-state index in [4.69, 9.17) is 5.73 Å².